The Morgan fingerprint density at radius 2 is 2.16 bits per heavy atom. The normalized spacial score (nSPS) is 20.2. The van der Waals surface area contributed by atoms with Crippen LogP contribution >= 0.6 is 15.9 Å². The van der Waals surface area contributed by atoms with E-state index in [0.717, 1.165) is 12.8 Å². The van der Waals surface area contributed by atoms with E-state index in [2.05, 4.69) is 27.8 Å². The molecule has 1 heterocycles. The second-order valence-electron chi connectivity index (χ2n) is 5.52. The lowest BCUT2D eigenvalue weighted by Crippen LogP contribution is -2.41. The smallest absolute Gasteiger partial charge is 0.255 e. The topological polar surface area (TPSA) is 33.2 Å². The molecule has 2 aliphatic rings. The molecule has 3 rings (SSSR count). The summed E-state index contributed by atoms with van der Waals surface area (Å²) in [4.78, 5) is 18.2. The van der Waals surface area contributed by atoms with Crippen molar-refractivity contribution in [3.8, 4) is 0 Å². The molecule has 0 saturated heterocycles. The fraction of sp³-hybridized carbons (Fsp3) is 0.571. The minimum Gasteiger partial charge on any atom is -0.333 e. The van der Waals surface area contributed by atoms with Crippen molar-refractivity contribution >= 4 is 21.8 Å². The molecule has 2 aliphatic carbocycles. The van der Waals surface area contributed by atoms with Crippen LogP contribution in [0.1, 0.15) is 43.0 Å². The lowest BCUT2D eigenvalue weighted by Gasteiger charge is -2.29. The van der Waals surface area contributed by atoms with Crippen molar-refractivity contribution in [1.29, 1.82) is 0 Å². The van der Waals surface area contributed by atoms with Crippen LogP contribution in [0.5, 0.6) is 0 Å². The molecule has 1 unspecified atom stereocenters. The average molecular weight is 327 g/mol. The van der Waals surface area contributed by atoms with Crippen molar-refractivity contribution in [1.82, 2.24) is 9.88 Å². The first kappa shape index (κ1) is 13.0. The Bertz CT molecular complexity index is 514. The monoisotopic (exact) mass is 326 g/mol. The molecule has 19 heavy (non-hydrogen) atoms. The Morgan fingerprint density at radius 1 is 1.47 bits per heavy atom. The van der Waals surface area contributed by atoms with Gasteiger partial charge in [-0.1, -0.05) is 0 Å². The van der Waals surface area contributed by atoms with Gasteiger partial charge in [0.2, 0.25) is 5.95 Å². The SMILES string of the molecule is CC(C1CC1)N(C(=O)c1cnc(F)c(Br)c1)C1CC1. The van der Waals surface area contributed by atoms with E-state index < -0.39 is 5.95 Å². The van der Waals surface area contributed by atoms with E-state index in [-0.39, 0.29) is 16.4 Å². The average Bonchev–Trinajstić information content (AvgIpc) is 3.25. The molecule has 2 fully saturated rings. The van der Waals surface area contributed by atoms with E-state index in [1.165, 1.54) is 25.1 Å². The van der Waals surface area contributed by atoms with Crippen LogP contribution in [-0.4, -0.2) is 27.9 Å². The van der Waals surface area contributed by atoms with E-state index in [4.69, 9.17) is 0 Å². The third-order valence-corrected chi connectivity index (χ3v) is 4.52. The van der Waals surface area contributed by atoms with Gasteiger partial charge in [-0.05, 0) is 60.5 Å². The lowest BCUT2D eigenvalue weighted by molar-refractivity contribution is 0.0653. The highest BCUT2D eigenvalue weighted by molar-refractivity contribution is 9.10. The van der Waals surface area contributed by atoms with Crippen LogP contribution < -0.4 is 0 Å². The number of rotatable bonds is 4. The minimum absolute atomic E-state index is 0.0184. The maximum absolute atomic E-state index is 13.1. The largest absolute Gasteiger partial charge is 0.333 e. The number of nitrogens with zero attached hydrogens (tertiary/aromatic N) is 2. The number of amides is 1. The van der Waals surface area contributed by atoms with Gasteiger partial charge in [0.1, 0.15) is 0 Å². The standard InChI is InChI=1S/C14H16BrFN2O/c1-8(9-2-3-9)18(11-4-5-11)14(19)10-6-12(15)13(16)17-7-10/h6-9,11H,2-5H2,1H3. The van der Waals surface area contributed by atoms with E-state index in [1.807, 2.05) is 4.90 Å². The van der Waals surface area contributed by atoms with Gasteiger partial charge in [0.05, 0.1) is 10.0 Å². The summed E-state index contributed by atoms with van der Waals surface area (Å²) in [6.45, 7) is 2.12. The Labute approximate surface area is 120 Å². The van der Waals surface area contributed by atoms with Gasteiger partial charge < -0.3 is 4.90 Å². The Kier molecular flexibility index (Phi) is 3.33. The van der Waals surface area contributed by atoms with Crippen LogP contribution in [0, 0.1) is 11.9 Å². The Balaban J connectivity index is 1.84. The molecule has 0 aromatic carbocycles. The van der Waals surface area contributed by atoms with Crippen LogP contribution in [0.2, 0.25) is 0 Å². The van der Waals surface area contributed by atoms with Crippen molar-refractivity contribution < 1.29 is 9.18 Å². The van der Waals surface area contributed by atoms with Crippen LogP contribution in [0.4, 0.5) is 4.39 Å². The number of carbonyl (C=O) groups is 1. The third kappa shape index (κ3) is 2.66. The quantitative estimate of drug-likeness (QED) is 0.794. The predicted molar refractivity (Wildman–Crippen MR) is 73.3 cm³/mol. The van der Waals surface area contributed by atoms with Gasteiger partial charge in [-0.25, -0.2) is 4.98 Å². The van der Waals surface area contributed by atoms with Crippen LogP contribution in [0.3, 0.4) is 0 Å². The van der Waals surface area contributed by atoms with Gasteiger partial charge in [0, 0.05) is 18.3 Å². The van der Waals surface area contributed by atoms with Crippen LogP contribution in [-0.2, 0) is 0 Å². The summed E-state index contributed by atoms with van der Waals surface area (Å²) in [5, 5.41) is 0. The Morgan fingerprint density at radius 3 is 2.68 bits per heavy atom. The fourth-order valence-electron chi connectivity index (χ4n) is 2.53. The molecular formula is C14H16BrFN2O. The molecule has 1 amide bonds. The first-order chi connectivity index (χ1) is 9.08. The van der Waals surface area contributed by atoms with Crippen molar-refractivity contribution in [2.45, 2.75) is 44.7 Å². The van der Waals surface area contributed by atoms with E-state index in [0.29, 0.717) is 17.5 Å². The molecule has 0 bridgehead atoms. The van der Waals surface area contributed by atoms with Crippen molar-refractivity contribution in [2.24, 2.45) is 5.92 Å². The molecule has 0 radical (unpaired) electrons. The summed E-state index contributed by atoms with van der Waals surface area (Å²) < 4.78 is 13.4. The number of hydrogen-bond donors (Lipinski definition) is 0. The molecule has 0 spiro atoms. The number of hydrogen-bond acceptors (Lipinski definition) is 2. The van der Waals surface area contributed by atoms with Crippen LogP contribution in [0.25, 0.3) is 0 Å². The number of pyridine rings is 1. The molecule has 1 atom stereocenters. The number of halogens is 2. The molecule has 2 saturated carbocycles. The Hall–Kier alpha value is -0.970. The lowest BCUT2D eigenvalue weighted by atomic mass is 10.1. The fourth-order valence-corrected chi connectivity index (χ4v) is 2.88. The zero-order chi connectivity index (χ0) is 13.6. The van der Waals surface area contributed by atoms with Gasteiger partial charge in [-0.2, -0.15) is 4.39 Å². The van der Waals surface area contributed by atoms with Gasteiger partial charge in [-0.15, -0.1) is 0 Å². The van der Waals surface area contributed by atoms with Crippen molar-refractivity contribution in [3.63, 3.8) is 0 Å². The molecule has 0 N–H and O–H groups in total. The van der Waals surface area contributed by atoms with Gasteiger partial charge >= 0.3 is 0 Å². The maximum atomic E-state index is 13.1. The second kappa shape index (κ2) is 4.85. The third-order valence-electron chi connectivity index (χ3n) is 3.96. The van der Waals surface area contributed by atoms with Crippen molar-refractivity contribution in [2.75, 3.05) is 0 Å². The summed E-state index contributed by atoms with van der Waals surface area (Å²) in [7, 11) is 0. The highest BCUT2D eigenvalue weighted by Gasteiger charge is 2.42. The van der Waals surface area contributed by atoms with E-state index in [1.54, 1.807) is 0 Å². The van der Waals surface area contributed by atoms with E-state index >= 15 is 0 Å². The summed E-state index contributed by atoms with van der Waals surface area (Å²) in [6, 6.07) is 2.18. The predicted octanol–water partition coefficient (Wildman–Crippen LogP) is 3.39. The van der Waals surface area contributed by atoms with Crippen LogP contribution in [0.15, 0.2) is 16.7 Å². The summed E-state index contributed by atoms with van der Waals surface area (Å²) >= 11 is 3.09. The zero-order valence-electron chi connectivity index (χ0n) is 10.8. The van der Waals surface area contributed by atoms with Gasteiger partial charge in [0.15, 0.2) is 0 Å². The summed E-state index contributed by atoms with van der Waals surface area (Å²) in [5.74, 6) is 0.0428. The molecule has 102 valence electrons. The van der Waals surface area contributed by atoms with Gasteiger partial charge in [-0.3, -0.25) is 4.79 Å². The minimum atomic E-state index is -0.579. The molecular weight excluding hydrogens is 311 g/mol. The molecule has 5 heteroatoms. The first-order valence-electron chi connectivity index (χ1n) is 6.71. The van der Waals surface area contributed by atoms with E-state index in [9.17, 15) is 9.18 Å². The molecule has 1 aromatic heterocycles. The highest BCUT2D eigenvalue weighted by atomic mass is 79.9. The molecule has 3 nitrogen and oxygen atoms in total. The summed E-state index contributed by atoms with van der Waals surface area (Å²) in [6.07, 6.45) is 5.92. The zero-order valence-corrected chi connectivity index (χ0v) is 12.4. The molecule has 0 aliphatic heterocycles. The summed E-state index contributed by atoms with van der Waals surface area (Å²) in [5.41, 5.74) is 0.465. The highest BCUT2D eigenvalue weighted by Crippen LogP contribution is 2.40. The second-order valence-corrected chi connectivity index (χ2v) is 6.37. The number of aromatic nitrogens is 1. The van der Waals surface area contributed by atoms with Crippen molar-refractivity contribution in [3.05, 3.63) is 28.2 Å². The first-order valence-corrected chi connectivity index (χ1v) is 7.51. The maximum Gasteiger partial charge on any atom is 0.255 e. The molecule has 1 aromatic rings. The number of carbonyl (C=O) groups excluding carboxylic acids is 1. The van der Waals surface area contributed by atoms with Gasteiger partial charge in [0.25, 0.3) is 5.91 Å².